The Morgan fingerprint density at radius 2 is 0.889 bits per heavy atom. The number of unbranched alkanes of at least 4 members (excludes halogenated alkanes) is 7. The highest BCUT2D eigenvalue weighted by atomic mass is 16.5. The average Bonchev–Trinajstić information content (AvgIpc) is 2.39. The van der Waals surface area contributed by atoms with Crippen molar-refractivity contribution in [1.29, 1.82) is 0 Å². The molecule has 0 aromatic heterocycles. The Labute approximate surface area is 113 Å². The van der Waals surface area contributed by atoms with Gasteiger partial charge in [0.1, 0.15) is 0 Å². The van der Waals surface area contributed by atoms with E-state index in [1.165, 1.54) is 51.4 Å². The topological polar surface area (TPSA) is 18.5 Å². The predicted molar refractivity (Wildman–Crippen MR) is 78.5 cm³/mol. The predicted octanol–water partition coefficient (Wildman–Crippen LogP) is 5.21. The molecule has 0 unspecified atom stereocenters. The summed E-state index contributed by atoms with van der Waals surface area (Å²) in [4.78, 5) is 0. The van der Waals surface area contributed by atoms with E-state index in [1.54, 1.807) is 12.5 Å². The van der Waals surface area contributed by atoms with E-state index >= 15 is 0 Å². The van der Waals surface area contributed by atoms with Crippen molar-refractivity contribution < 1.29 is 9.47 Å². The molecular formula is C16H30O2. The van der Waals surface area contributed by atoms with Crippen LogP contribution in [0.5, 0.6) is 0 Å². The van der Waals surface area contributed by atoms with Crippen LogP contribution in [0.25, 0.3) is 0 Å². The molecule has 0 aliphatic rings. The van der Waals surface area contributed by atoms with Gasteiger partial charge in [-0.05, 0) is 26.7 Å². The van der Waals surface area contributed by atoms with Crippen LogP contribution in [0.15, 0.2) is 24.7 Å². The molecule has 0 radical (unpaired) electrons. The first-order valence-electron chi connectivity index (χ1n) is 7.37. The minimum Gasteiger partial charge on any atom is -0.502 e. The van der Waals surface area contributed by atoms with Gasteiger partial charge in [0.05, 0.1) is 25.7 Å². The van der Waals surface area contributed by atoms with Gasteiger partial charge in [-0.1, -0.05) is 50.7 Å². The van der Waals surface area contributed by atoms with E-state index in [4.69, 9.17) is 9.47 Å². The van der Waals surface area contributed by atoms with Crippen LogP contribution < -0.4 is 0 Å². The molecule has 0 saturated carbocycles. The molecule has 2 heteroatoms. The highest BCUT2D eigenvalue weighted by molar-refractivity contribution is 4.65. The van der Waals surface area contributed by atoms with Gasteiger partial charge in [-0.2, -0.15) is 0 Å². The number of allylic oxidation sites excluding steroid dienone is 2. The van der Waals surface area contributed by atoms with Gasteiger partial charge in [-0.25, -0.2) is 0 Å². The van der Waals surface area contributed by atoms with Crippen molar-refractivity contribution in [3.8, 4) is 0 Å². The zero-order chi connectivity index (χ0) is 13.3. The molecule has 0 amide bonds. The second kappa shape index (κ2) is 16.1. The molecule has 106 valence electrons. The van der Waals surface area contributed by atoms with E-state index in [9.17, 15) is 0 Å². The molecule has 0 atom stereocenters. The Bertz CT molecular complexity index is 175. The third kappa shape index (κ3) is 15.1. The molecule has 0 aromatic rings. The van der Waals surface area contributed by atoms with E-state index in [2.05, 4.69) is 0 Å². The Hall–Kier alpha value is -0.920. The first kappa shape index (κ1) is 17.1. The summed E-state index contributed by atoms with van der Waals surface area (Å²) in [6.07, 6.45) is 17.8. The van der Waals surface area contributed by atoms with Crippen LogP contribution in [0, 0.1) is 0 Å². The minimum absolute atomic E-state index is 0.868. The van der Waals surface area contributed by atoms with Gasteiger partial charge in [0.2, 0.25) is 0 Å². The largest absolute Gasteiger partial charge is 0.502 e. The summed E-state index contributed by atoms with van der Waals surface area (Å²) in [7, 11) is 0. The fourth-order valence-electron chi connectivity index (χ4n) is 1.76. The molecule has 2 nitrogen and oxygen atoms in total. The van der Waals surface area contributed by atoms with Crippen molar-refractivity contribution in [2.45, 2.75) is 65.2 Å². The zero-order valence-electron chi connectivity index (χ0n) is 12.2. The van der Waals surface area contributed by atoms with Crippen LogP contribution in [-0.4, -0.2) is 13.2 Å². The molecule has 0 aliphatic heterocycles. The van der Waals surface area contributed by atoms with Crippen LogP contribution in [0.1, 0.15) is 65.2 Å². The van der Waals surface area contributed by atoms with Crippen LogP contribution in [0.3, 0.4) is 0 Å². The normalized spacial score (nSPS) is 11.4. The second-order valence-corrected chi connectivity index (χ2v) is 4.51. The van der Waals surface area contributed by atoms with Crippen molar-refractivity contribution in [3.05, 3.63) is 24.7 Å². The highest BCUT2D eigenvalue weighted by Gasteiger charge is 1.92. The van der Waals surface area contributed by atoms with E-state index in [1.807, 2.05) is 26.0 Å². The lowest BCUT2D eigenvalue weighted by atomic mass is 10.1. The summed E-state index contributed by atoms with van der Waals surface area (Å²) >= 11 is 0. The van der Waals surface area contributed by atoms with E-state index in [0.29, 0.717) is 0 Å². The van der Waals surface area contributed by atoms with Crippen molar-refractivity contribution in [3.63, 3.8) is 0 Å². The van der Waals surface area contributed by atoms with E-state index < -0.39 is 0 Å². The quantitative estimate of drug-likeness (QED) is 0.332. The number of rotatable bonds is 13. The maximum atomic E-state index is 5.27. The fraction of sp³-hybridized carbons (Fsp3) is 0.750. The maximum absolute atomic E-state index is 5.27. The Kier molecular flexibility index (Phi) is 15.3. The Balaban J connectivity index is 2.94. The lowest BCUT2D eigenvalue weighted by molar-refractivity contribution is 0.238. The molecule has 0 spiro atoms. The van der Waals surface area contributed by atoms with Gasteiger partial charge in [0.15, 0.2) is 0 Å². The second-order valence-electron chi connectivity index (χ2n) is 4.51. The van der Waals surface area contributed by atoms with E-state index in [0.717, 1.165) is 13.2 Å². The summed E-state index contributed by atoms with van der Waals surface area (Å²) in [6.45, 7) is 5.69. The highest BCUT2D eigenvalue weighted by Crippen LogP contribution is 2.08. The van der Waals surface area contributed by atoms with Gasteiger partial charge >= 0.3 is 0 Å². The van der Waals surface area contributed by atoms with Crippen molar-refractivity contribution >= 4 is 0 Å². The standard InChI is InChI=1S/C16H30O2/c1-3-13-17-15-11-9-7-5-6-8-10-12-16-18-14-4-2/h3-4,13-14H,5-12,15-16H2,1-2H3/b13-3+,14-4+. The van der Waals surface area contributed by atoms with Gasteiger partial charge in [-0.15, -0.1) is 0 Å². The van der Waals surface area contributed by atoms with Crippen molar-refractivity contribution in [2.24, 2.45) is 0 Å². The summed E-state index contributed by atoms with van der Waals surface area (Å²) < 4.78 is 10.5. The maximum Gasteiger partial charge on any atom is 0.0873 e. The first-order chi connectivity index (χ1) is 8.91. The molecule has 0 aromatic carbocycles. The Morgan fingerprint density at radius 3 is 1.22 bits per heavy atom. The zero-order valence-corrected chi connectivity index (χ0v) is 12.2. The lowest BCUT2D eigenvalue weighted by Crippen LogP contribution is -1.89. The molecule has 0 heterocycles. The van der Waals surface area contributed by atoms with Gasteiger partial charge in [0.25, 0.3) is 0 Å². The van der Waals surface area contributed by atoms with Crippen LogP contribution >= 0.6 is 0 Å². The van der Waals surface area contributed by atoms with Crippen LogP contribution in [-0.2, 0) is 9.47 Å². The molecule has 0 rings (SSSR count). The summed E-state index contributed by atoms with van der Waals surface area (Å²) in [5.41, 5.74) is 0. The SMILES string of the molecule is C/C=C/OCCCCCCCCCCO/C=C/C. The van der Waals surface area contributed by atoms with Crippen molar-refractivity contribution in [2.75, 3.05) is 13.2 Å². The van der Waals surface area contributed by atoms with Gasteiger partial charge in [0, 0.05) is 0 Å². The average molecular weight is 254 g/mol. The molecular weight excluding hydrogens is 224 g/mol. The molecule has 0 bridgehead atoms. The molecule has 0 fully saturated rings. The van der Waals surface area contributed by atoms with Gasteiger partial charge in [-0.3, -0.25) is 0 Å². The molecule has 0 N–H and O–H groups in total. The van der Waals surface area contributed by atoms with Crippen LogP contribution in [0.4, 0.5) is 0 Å². The van der Waals surface area contributed by atoms with Gasteiger partial charge < -0.3 is 9.47 Å². The minimum atomic E-state index is 0.868. The smallest absolute Gasteiger partial charge is 0.0873 e. The lowest BCUT2D eigenvalue weighted by Gasteiger charge is -2.03. The summed E-state index contributed by atoms with van der Waals surface area (Å²) in [5, 5.41) is 0. The summed E-state index contributed by atoms with van der Waals surface area (Å²) in [6, 6.07) is 0. The van der Waals surface area contributed by atoms with Crippen molar-refractivity contribution in [1.82, 2.24) is 0 Å². The first-order valence-corrected chi connectivity index (χ1v) is 7.37. The Morgan fingerprint density at radius 1 is 0.556 bits per heavy atom. The molecule has 0 aliphatic carbocycles. The molecule has 0 saturated heterocycles. The monoisotopic (exact) mass is 254 g/mol. The van der Waals surface area contributed by atoms with E-state index in [-0.39, 0.29) is 0 Å². The summed E-state index contributed by atoms with van der Waals surface area (Å²) in [5.74, 6) is 0. The fourth-order valence-corrected chi connectivity index (χ4v) is 1.76. The number of ether oxygens (including phenoxy) is 2. The number of hydrogen-bond donors (Lipinski definition) is 0. The third-order valence-electron chi connectivity index (χ3n) is 2.74. The molecule has 18 heavy (non-hydrogen) atoms. The van der Waals surface area contributed by atoms with Crippen LogP contribution in [0.2, 0.25) is 0 Å². The third-order valence-corrected chi connectivity index (χ3v) is 2.74. The number of hydrogen-bond acceptors (Lipinski definition) is 2.